The van der Waals surface area contributed by atoms with Gasteiger partial charge in [0.2, 0.25) is 0 Å². The highest BCUT2D eigenvalue weighted by Gasteiger charge is 2.37. The lowest BCUT2D eigenvalue weighted by Crippen LogP contribution is -2.29. The van der Waals surface area contributed by atoms with Gasteiger partial charge < -0.3 is 4.74 Å². The number of hydroxylamine groups is 1. The van der Waals surface area contributed by atoms with Crippen molar-refractivity contribution in [2.24, 2.45) is 0 Å². The Morgan fingerprint density at radius 3 is 2.31 bits per heavy atom. The van der Waals surface area contributed by atoms with Crippen LogP contribution < -0.4 is 15.1 Å². The van der Waals surface area contributed by atoms with E-state index < -0.39 is 17.7 Å². The topological polar surface area (TPSA) is 84.9 Å². The van der Waals surface area contributed by atoms with Crippen molar-refractivity contribution in [3.8, 4) is 5.75 Å². The van der Waals surface area contributed by atoms with Crippen molar-refractivity contribution in [1.29, 1.82) is 0 Å². The zero-order valence-corrected chi connectivity index (χ0v) is 14.4. The number of benzene rings is 2. The van der Waals surface area contributed by atoms with Gasteiger partial charge in [-0.05, 0) is 56.3 Å². The maximum absolute atomic E-state index is 12.7. The molecule has 7 heteroatoms. The predicted octanol–water partition coefficient (Wildman–Crippen LogP) is 2.57. The summed E-state index contributed by atoms with van der Waals surface area (Å²) >= 11 is 0. The number of ether oxygens (including phenoxy) is 1. The number of anilines is 1. The largest absolute Gasteiger partial charge is 0.494 e. The number of imide groups is 1. The number of nitrogens with one attached hydrogen (secondary N) is 1. The van der Waals surface area contributed by atoms with Crippen LogP contribution in [0.1, 0.15) is 44.9 Å². The Labute approximate surface area is 150 Å². The number of nitrogens with zero attached hydrogens (tertiary/aromatic N) is 1. The fraction of sp³-hybridized carbons (Fsp3) is 0.211. The van der Waals surface area contributed by atoms with Gasteiger partial charge in [0, 0.05) is 5.56 Å². The lowest BCUT2D eigenvalue weighted by molar-refractivity contribution is 0.0364. The summed E-state index contributed by atoms with van der Waals surface area (Å²) in [6, 6.07) is 11.1. The molecule has 0 spiro atoms. The van der Waals surface area contributed by atoms with E-state index in [1.807, 2.05) is 6.92 Å². The third kappa shape index (κ3) is 3.16. The van der Waals surface area contributed by atoms with Crippen molar-refractivity contribution in [2.45, 2.75) is 13.8 Å². The SMILES string of the molecule is CCONC(=O)c1ccc2c(c1)C(=O)N(c1ccc(OCC)cc1)C2=O. The lowest BCUT2D eigenvalue weighted by atomic mass is 10.1. The molecule has 1 aliphatic heterocycles. The molecule has 0 atom stereocenters. The molecule has 0 saturated heterocycles. The molecule has 3 amide bonds. The fourth-order valence-corrected chi connectivity index (χ4v) is 2.67. The Balaban J connectivity index is 1.88. The first kappa shape index (κ1) is 17.6. The van der Waals surface area contributed by atoms with E-state index in [1.54, 1.807) is 31.2 Å². The van der Waals surface area contributed by atoms with E-state index in [0.717, 1.165) is 4.90 Å². The molecule has 1 heterocycles. The van der Waals surface area contributed by atoms with Crippen LogP contribution in [-0.4, -0.2) is 30.9 Å². The molecule has 2 aromatic rings. The van der Waals surface area contributed by atoms with E-state index in [1.165, 1.54) is 18.2 Å². The van der Waals surface area contributed by atoms with Crippen LogP contribution in [0.3, 0.4) is 0 Å². The Kier molecular flexibility index (Phi) is 4.99. The molecule has 26 heavy (non-hydrogen) atoms. The average molecular weight is 354 g/mol. The third-order valence-electron chi connectivity index (χ3n) is 3.86. The highest BCUT2D eigenvalue weighted by molar-refractivity contribution is 6.34. The number of hydrogen-bond donors (Lipinski definition) is 1. The van der Waals surface area contributed by atoms with E-state index in [4.69, 9.17) is 9.57 Å². The van der Waals surface area contributed by atoms with Crippen LogP contribution in [0.2, 0.25) is 0 Å². The molecule has 0 radical (unpaired) electrons. The molecular formula is C19H18N2O5. The smallest absolute Gasteiger partial charge is 0.274 e. The third-order valence-corrected chi connectivity index (χ3v) is 3.86. The zero-order valence-electron chi connectivity index (χ0n) is 14.4. The predicted molar refractivity (Wildman–Crippen MR) is 94.3 cm³/mol. The van der Waals surface area contributed by atoms with E-state index in [0.29, 0.717) is 24.7 Å². The van der Waals surface area contributed by atoms with Gasteiger partial charge in [0.05, 0.1) is 30.0 Å². The Morgan fingerprint density at radius 2 is 1.65 bits per heavy atom. The van der Waals surface area contributed by atoms with Gasteiger partial charge in [-0.15, -0.1) is 0 Å². The molecule has 7 nitrogen and oxygen atoms in total. The van der Waals surface area contributed by atoms with Crippen LogP contribution in [0.15, 0.2) is 42.5 Å². The average Bonchev–Trinajstić information content (AvgIpc) is 2.91. The number of carbonyl (C=O) groups is 3. The molecule has 0 saturated carbocycles. The molecule has 134 valence electrons. The summed E-state index contributed by atoms with van der Waals surface area (Å²) in [5, 5.41) is 0. The van der Waals surface area contributed by atoms with Crippen LogP contribution >= 0.6 is 0 Å². The molecule has 0 bridgehead atoms. The van der Waals surface area contributed by atoms with Crippen LogP contribution in [0.5, 0.6) is 5.75 Å². The molecule has 3 rings (SSSR count). The first-order valence-electron chi connectivity index (χ1n) is 8.24. The molecule has 1 aliphatic rings. The fourth-order valence-electron chi connectivity index (χ4n) is 2.67. The van der Waals surface area contributed by atoms with Gasteiger partial charge in [-0.1, -0.05) is 0 Å². The van der Waals surface area contributed by atoms with Gasteiger partial charge in [-0.2, -0.15) is 0 Å². The molecule has 2 aromatic carbocycles. The number of hydrogen-bond acceptors (Lipinski definition) is 5. The first-order valence-corrected chi connectivity index (χ1v) is 8.24. The van der Waals surface area contributed by atoms with Crippen LogP contribution in [0.25, 0.3) is 0 Å². The summed E-state index contributed by atoms with van der Waals surface area (Å²) in [7, 11) is 0. The van der Waals surface area contributed by atoms with E-state index in [9.17, 15) is 14.4 Å². The lowest BCUT2D eigenvalue weighted by Gasteiger charge is -2.14. The van der Waals surface area contributed by atoms with E-state index in [-0.39, 0.29) is 16.7 Å². The van der Waals surface area contributed by atoms with Crippen molar-refractivity contribution in [3.63, 3.8) is 0 Å². The van der Waals surface area contributed by atoms with Crippen LogP contribution in [0, 0.1) is 0 Å². The second-order valence-corrected chi connectivity index (χ2v) is 5.50. The molecule has 0 aromatic heterocycles. The summed E-state index contributed by atoms with van der Waals surface area (Å²) in [6.45, 7) is 4.45. The van der Waals surface area contributed by atoms with Gasteiger partial charge in [0.15, 0.2) is 0 Å². The van der Waals surface area contributed by atoms with Crippen molar-refractivity contribution < 1.29 is 24.0 Å². The Hall–Kier alpha value is -3.19. The second kappa shape index (κ2) is 7.37. The van der Waals surface area contributed by atoms with Crippen molar-refractivity contribution in [3.05, 3.63) is 59.2 Å². The number of fused-ring (bicyclic) bond motifs is 1. The summed E-state index contributed by atoms with van der Waals surface area (Å²) in [5.41, 5.74) is 3.40. The Bertz CT molecular complexity index is 861. The first-order chi connectivity index (χ1) is 12.6. The minimum absolute atomic E-state index is 0.188. The van der Waals surface area contributed by atoms with Crippen LogP contribution in [0.4, 0.5) is 5.69 Å². The number of carbonyl (C=O) groups excluding carboxylic acids is 3. The van der Waals surface area contributed by atoms with Crippen molar-refractivity contribution >= 4 is 23.4 Å². The standard InChI is InChI=1S/C19H18N2O5/c1-3-25-14-8-6-13(7-9-14)21-18(23)15-10-5-12(11-16(15)19(21)24)17(22)20-26-4-2/h5-11H,3-4H2,1-2H3,(H,20,22). The second-order valence-electron chi connectivity index (χ2n) is 5.50. The molecule has 0 fully saturated rings. The van der Waals surface area contributed by atoms with Gasteiger partial charge >= 0.3 is 0 Å². The summed E-state index contributed by atoms with van der Waals surface area (Å²) in [5.74, 6) is -0.719. The molecular weight excluding hydrogens is 336 g/mol. The maximum Gasteiger partial charge on any atom is 0.274 e. The quantitative estimate of drug-likeness (QED) is 0.637. The molecule has 1 N–H and O–H groups in total. The number of rotatable bonds is 6. The van der Waals surface area contributed by atoms with Gasteiger partial charge in [-0.3, -0.25) is 19.2 Å². The minimum Gasteiger partial charge on any atom is -0.494 e. The van der Waals surface area contributed by atoms with Crippen molar-refractivity contribution in [2.75, 3.05) is 18.1 Å². The van der Waals surface area contributed by atoms with Crippen LogP contribution in [-0.2, 0) is 4.84 Å². The monoisotopic (exact) mass is 354 g/mol. The highest BCUT2D eigenvalue weighted by Crippen LogP contribution is 2.30. The summed E-state index contributed by atoms with van der Waals surface area (Å²) in [6.07, 6.45) is 0. The maximum atomic E-state index is 12.7. The highest BCUT2D eigenvalue weighted by atomic mass is 16.6. The van der Waals surface area contributed by atoms with Gasteiger partial charge in [0.1, 0.15) is 5.75 Å². The van der Waals surface area contributed by atoms with E-state index >= 15 is 0 Å². The van der Waals surface area contributed by atoms with E-state index in [2.05, 4.69) is 5.48 Å². The number of amides is 3. The normalized spacial score (nSPS) is 12.9. The van der Waals surface area contributed by atoms with Gasteiger partial charge in [-0.25, -0.2) is 10.4 Å². The zero-order chi connectivity index (χ0) is 18.7. The summed E-state index contributed by atoms with van der Waals surface area (Å²) < 4.78 is 5.37. The van der Waals surface area contributed by atoms with Crippen molar-refractivity contribution in [1.82, 2.24) is 5.48 Å². The minimum atomic E-state index is -0.477. The van der Waals surface area contributed by atoms with Gasteiger partial charge in [0.25, 0.3) is 17.7 Å². The summed E-state index contributed by atoms with van der Waals surface area (Å²) in [4.78, 5) is 43.3. The Morgan fingerprint density at radius 1 is 0.962 bits per heavy atom. The molecule has 0 aliphatic carbocycles. The molecule has 0 unspecified atom stereocenters.